The van der Waals surface area contributed by atoms with Crippen LogP contribution in [0.1, 0.15) is 0 Å². The quantitative estimate of drug-likeness (QED) is 0.574. The van der Waals surface area contributed by atoms with Crippen molar-refractivity contribution in [2.75, 3.05) is 7.11 Å². The Morgan fingerprint density at radius 1 is 0.958 bits per heavy atom. The Labute approximate surface area is 138 Å². The summed E-state index contributed by atoms with van der Waals surface area (Å²) in [5.41, 5.74) is 0.985. The first-order valence-electron chi connectivity index (χ1n) is 7.23. The van der Waals surface area contributed by atoms with Gasteiger partial charge >= 0.3 is 0 Å². The van der Waals surface area contributed by atoms with Crippen LogP contribution in [0.15, 0.2) is 65.6 Å². The normalized spacial score (nSPS) is 11.9. The molecule has 0 radical (unpaired) electrons. The first-order valence-corrected chi connectivity index (χ1v) is 8.67. The minimum Gasteiger partial charge on any atom is -0.497 e. The molecular weight excluding hydrogens is 326 g/mol. The highest BCUT2D eigenvalue weighted by molar-refractivity contribution is 7.90. The fraction of sp³-hybridized carbons (Fsp3) is 0.0588. The third kappa shape index (κ3) is 2.21. The van der Waals surface area contributed by atoms with Crippen LogP contribution in [0.4, 0.5) is 0 Å². The maximum atomic E-state index is 12.9. The molecule has 24 heavy (non-hydrogen) atoms. The van der Waals surface area contributed by atoms with Gasteiger partial charge in [-0.05, 0) is 47.2 Å². The van der Waals surface area contributed by atoms with E-state index in [4.69, 9.17) is 4.74 Å². The number of benzene rings is 3. The van der Waals surface area contributed by atoms with Gasteiger partial charge in [0.1, 0.15) is 16.8 Å². The molecule has 7 heteroatoms. The molecule has 0 aliphatic carbocycles. The first-order chi connectivity index (χ1) is 11.6. The second kappa shape index (κ2) is 5.31. The van der Waals surface area contributed by atoms with Crippen molar-refractivity contribution in [3.8, 4) is 5.75 Å². The van der Waals surface area contributed by atoms with E-state index >= 15 is 0 Å². The van der Waals surface area contributed by atoms with E-state index in [-0.39, 0.29) is 4.90 Å². The Morgan fingerprint density at radius 2 is 1.71 bits per heavy atom. The largest absolute Gasteiger partial charge is 0.497 e. The summed E-state index contributed by atoms with van der Waals surface area (Å²) in [6.07, 6.45) is 0. The summed E-state index contributed by atoms with van der Waals surface area (Å²) in [6, 6.07) is 17.4. The monoisotopic (exact) mass is 339 g/mol. The maximum absolute atomic E-state index is 12.9. The predicted octanol–water partition coefficient (Wildman–Crippen LogP) is 2.83. The third-order valence-corrected chi connectivity index (χ3v) is 5.44. The van der Waals surface area contributed by atoms with Crippen molar-refractivity contribution < 1.29 is 13.2 Å². The average molecular weight is 339 g/mol. The maximum Gasteiger partial charge on any atom is 0.284 e. The lowest BCUT2D eigenvalue weighted by atomic mass is 10.1. The van der Waals surface area contributed by atoms with Gasteiger partial charge in [0.25, 0.3) is 10.0 Å². The summed E-state index contributed by atoms with van der Waals surface area (Å²) in [5, 5.41) is 9.43. The van der Waals surface area contributed by atoms with Crippen molar-refractivity contribution in [2.24, 2.45) is 0 Å². The number of nitrogens with zero attached hydrogens (tertiary/aromatic N) is 3. The molecule has 0 aliphatic rings. The van der Waals surface area contributed by atoms with Gasteiger partial charge in [0.05, 0.1) is 12.0 Å². The summed E-state index contributed by atoms with van der Waals surface area (Å²) in [5.74, 6) is 0.723. The second-order valence-electron chi connectivity index (χ2n) is 5.30. The predicted molar refractivity (Wildman–Crippen MR) is 90.6 cm³/mol. The van der Waals surface area contributed by atoms with E-state index < -0.39 is 10.0 Å². The summed E-state index contributed by atoms with van der Waals surface area (Å²) in [7, 11) is -2.22. The molecule has 0 amide bonds. The molecule has 3 aromatic carbocycles. The Bertz CT molecular complexity index is 1170. The molecule has 0 saturated carbocycles. The number of hydrogen-bond acceptors (Lipinski definition) is 5. The molecule has 4 aromatic rings. The molecule has 0 atom stereocenters. The van der Waals surface area contributed by atoms with Crippen LogP contribution in [0.3, 0.4) is 0 Å². The third-order valence-electron chi connectivity index (χ3n) is 3.87. The minimum atomic E-state index is -3.82. The molecule has 0 fully saturated rings. The lowest BCUT2D eigenvalue weighted by Gasteiger charge is -2.07. The molecule has 6 nitrogen and oxygen atoms in total. The van der Waals surface area contributed by atoms with Crippen LogP contribution in [0.2, 0.25) is 0 Å². The molecule has 1 aromatic heterocycles. The molecule has 0 spiro atoms. The van der Waals surface area contributed by atoms with Gasteiger partial charge in [-0.1, -0.05) is 29.5 Å². The minimum absolute atomic E-state index is 0.163. The number of para-hydroxylation sites is 1. The highest BCUT2D eigenvalue weighted by atomic mass is 32.2. The van der Waals surface area contributed by atoms with E-state index in [1.807, 2.05) is 12.1 Å². The fourth-order valence-electron chi connectivity index (χ4n) is 2.61. The van der Waals surface area contributed by atoms with Crippen LogP contribution in [-0.2, 0) is 10.0 Å². The number of ether oxygens (including phenoxy) is 1. The zero-order valence-electron chi connectivity index (χ0n) is 12.7. The highest BCUT2D eigenvalue weighted by Gasteiger charge is 2.21. The van der Waals surface area contributed by atoms with Crippen molar-refractivity contribution in [2.45, 2.75) is 4.90 Å². The number of hydrogen-bond donors (Lipinski definition) is 0. The van der Waals surface area contributed by atoms with E-state index in [1.165, 1.54) is 0 Å². The van der Waals surface area contributed by atoms with Crippen LogP contribution in [0.5, 0.6) is 5.75 Å². The van der Waals surface area contributed by atoms with E-state index in [0.717, 1.165) is 20.6 Å². The Morgan fingerprint density at radius 3 is 2.54 bits per heavy atom. The lowest BCUT2D eigenvalue weighted by molar-refractivity contribution is 0.415. The smallest absolute Gasteiger partial charge is 0.284 e. The zero-order chi connectivity index (χ0) is 16.7. The fourth-order valence-corrected chi connectivity index (χ4v) is 3.88. The summed E-state index contributed by atoms with van der Waals surface area (Å²) >= 11 is 0. The van der Waals surface area contributed by atoms with Crippen molar-refractivity contribution >= 4 is 31.8 Å². The Kier molecular flexibility index (Phi) is 3.24. The number of aromatic nitrogens is 3. The van der Waals surface area contributed by atoms with Crippen LogP contribution in [0, 0.1) is 0 Å². The molecule has 0 N–H and O–H groups in total. The van der Waals surface area contributed by atoms with Crippen molar-refractivity contribution in [3.63, 3.8) is 0 Å². The van der Waals surface area contributed by atoms with Crippen molar-refractivity contribution in [1.82, 2.24) is 14.4 Å². The Hall–Kier alpha value is -2.93. The van der Waals surface area contributed by atoms with Crippen LogP contribution >= 0.6 is 0 Å². The van der Waals surface area contributed by atoms with Gasteiger partial charge in [-0.3, -0.25) is 0 Å². The summed E-state index contributed by atoms with van der Waals surface area (Å²) in [6.45, 7) is 0. The van der Waals surface area contributed by atoms with Crippen LogP contribution < -0.4 is 4.74 Å². The number of rotatable bonds is 3. The van der Waals surface area contributed by atoms with Gasteiger partial charge in [0, 0.05) is 0 Å². The SMILES string of the molecule is COc1ccc2cc(S(=O)(=O)n3nnc4ccccc43)ccc2c1. The molecular formula is C17H13N3O3S. The molecule has 4 rings (SSSR count). The van der Waals surface area contributed by atoms with E-state index in [0.29, 0.717) is 11.0 Å². The summed E-state index contributed by atoms with van der Waals surface area (Å²) in [4.78, 5) is 0.163. The van der Waals surface area contributed by atoms with E-state index in [9.17, 15) is 8.42 Å². The van der Waals surface area contributed by atoms with Gasteiger partial charge in [-0.15, -0.1) is 9.19 Å². The molecule has 0 unspecified atom stereocenters. The van der Waals surface area contributed by atoms with Gasteiger partial charge in [0.2, 0.25) is 0 Å². The molecule has 0 bridgehead atoms. The molecule has 0 aliphatic heterocycles. The van der Waals surface area contributed by atoms with E-state index in [1.54, 1.807) is 55.6 Å². The Balaban J connectivity index is 1.89. The van der Waals surface area contributed by atoms with Gasteiger partial charge in [-0.25, -0.2) is 0 Å². The molecule has 0 saturated heterocycles. The number of methoxy groups -OCH3 is 1. The highest BCUT2D eigenvalue weighted by Crippen LogP contribution is 2.25. The first kappa shape index (κ1) is 14.6. The zero-order valence-corrected chi connectivity index (χ0v) is 13.6. The van der Waals surface area contributed by atoms with Gasteiger partial charge < -0.3 is 4.74 Å². The van der Waals surface area contributed by atoms with Gasteiger partial charge in [0.15, 0.2) is 0 Å². The second-order valence-corrected chi connectivity index (χ2v) is 7.07. The standard InChI is InChI=1S/C17H13N3O3S/c1-23-14-8-6-13-11-15(9-7-12(13)10-14)24(21,22)20-17-5-3-2-4-16(17)18-19-20/h2-11H,1H3. The summed E-state index contributed by atoms with van der Waals surface area (Å²) < 4.78 is 32.0. The number of fused-ring (bicyclic) bond motifs is 2. The van der Waals surface area contributed by atoms with Crippen LogP contribution in [-0.4, -0.2) is 29.9 Å². The van der Waals surface area contributed by atoms with Crippen molar-refractivity contribution in [1.29, 1.82) is 0 Å². The van der Waals surface area contributed by atoms with Crippen LogP contribution in [0.25, 0.3) is 21.8 Å². The van der Waals surface area contributed by atoms with Crippen molar-refractivity contribution in [3.05, 3.63) is 60.7 Å². The topological polar surface area (TPSA) is 74.1 Å². The molecule has 120 valence electrons. The molecule has 1 heterocycles. The van der Waals surface area contributed by atoms with Gasteiger partial charge in [-0.2, -0.15) is 8.42 Å². The average Bonchev–Trinajstić information content (AvgIpc) is 3.05. The van der Waals surface area contributed by atoms with E-state index in [2.05, 4.69) is 10.3 Å². The lowest BCUT2D eigenvalue weighted by Crippen LogP contribution is -2.14.